The predicted octanol–water partition coefficient (Wildman–Crippen LogP) is 3.62. The Morgan fingerprint density at radius 2 is 1.76 bits per heavy atom. The first kappa shape index (κ1) is 19.6. The molecule has 0 radical (unpaired) electrons. The van der Waals surface area contributed by atoms with Crippen molar-refractivity contribution in [1.82, 2.24) is 9.80 Å². The minimum Gasteiger partial charge on any atom is -0.343 e. The van der Waals surface area contributed by atoms with Gasteiger partial charge in [0.1, 0.15) is 0 Å². The Hall–Kier alpha value is -1.68. The molecule has 1 aromatic carbocycles. The predicted molar refractivity (Wildman–Crippen MR) is 102 cm³/mol. The number of hydrogen-bond donors (Lipinski definition) is 0. The molecule has 0 bridgehead atoms. The van der Waals surface area contributed by atoms with Gasteiger partial charge in [0, 0.05) is 37.5 Å². The molecule has 1 aromatic rings. The average molecular weight is 344 g/mol. The first-order valence-electron chi connectivity index (χ1n) is 9.31. The molecule has 1 atom stereocenters. The maximum atomic E-state index is 12.8. The lowest BCUT2D eigenvalue weighted by atomic mass is 9.82. The van der Waals surface area contributed by atoms with E-state index in [-0.39, 0.29) is 17.1 Å². The number of nitrogens with zero attached hydrogens (tertiary/aromatic N) is 2. The van der Waals surface area contributed by atoms with E-state index in [9.17, 15) is 9.59 Å². The van der Waals surface area contributed by atoms with Gasteiger partial charge in [-0.1, -0.05) is 44.2 Å². The molecule has 25 heavy (non-hydrogen) atoms. The maximum Gasteiger partial charge on any atom is 0.223 e. The number of carbonyl (C=O) groups excluding carboxylic acids is 2. The topological polar surface area (TPSA) is 40.6 Å². The van der Waals surface area contributed by atoms with Crippen LogP contribution in [0.2, 0.25) is 0 Å². The van der Waals surface area contributed by atoms with Gasteiger partial charge in [0.05, 0.1) is 0 Å². The van der Waals surface area contributed by atoms with Crippen LogP contribution >= 0.6 is 0 Å². The molecule has 0 saturated carbocycles. The van der Waals surface area contributed by atoms with Crippen LogP contribution in [0.25, 0.3) is 0 Å². The van der Waals surface area contributed by atoms with Crippen molar-refractivity contribution in [2.24, 2.45) is 5.41 Å². The number of Topliss-reactive ketones (excluding diaryl/α,β-unsaturated/α-hetero) is 1. The fourth-order valence-corrected chi connectivity index (χ4v) is 3.59. The van der Waals surface area contributed by atoms with Crippen LogP contribution < -0.4 is 0 Å². The van der Waals surface area contributed by atoms with Crippen molar-refractivity contribution in [3.8, 4) is 0 Å². The number of benzene rings is 1. The van der Waals surface area contributed by atoms with Gasteiger partial charge in [0.25, 0.3) is 0 Å². The Kier molecular flexibility index (Phi) is 6.77. The van der Waals surface area contributed by atoms with E-state index in [1.807, 2.05) is 49.1 Å². The summed E-state index contributed by atoms with van der Waals surface area (Å²) in [6.07, 6.45) is 4.06. The Morgan fingerprint density at radius 1 is 1.08 bits per heavy atom. The molecule has 4 nitrogen and oxygen atoms in total. The molecule has 1 heterocycles. The van der Waals surface area contributed by atoms with Gasteiger partial charge in [0.15, 0.2) is 5.78 Å². The number of likely N-dealkylation sites (tertiary alicyclic amines) is 1. The number of carbonyl (C=O) groups is 2. The summed E-state index contributed by atoms with van der Waals surface area (Å²) in [5.74, 6) is 0.298. The van der Waals surface area contributed by atoms with Crippen LogP contribution in [0.1, 0.15) is 56.3 Å². The second-order valence-electron chi connectivity index (χ2n) is 8.24. The van der Waals surface area contributed by atoms with Crippen LogP contribution in [0.4, 0.5) is 0 Å². The third kappa shape index (κ3) is 5.96. The smallest absolute Gasteiger partial charge is 0.223 e. The van der Waals surface area contributed by atoms with Gasteiger partial charge in [-0.2, -0.15) is 0 Å². The Bertz CT molecular complexity index is 581. The maximum absolute atomic E-state index is 12.8. The van der Waals surface area contributed by atoms with Gasteiger partial charge in [-0.25, -0.2) is 0 Å². The minimum atomic E-state index is -0.322. The molecule has 138 valence electrons. The summed E-state index contributed by atoms with van der Waals surface area (Å²) in [6.45, 7) is 5.70. The van der Waals surface area contributed by atoms with Crippen LogP contribution in [-0.4, -0.2) is 54.7 Å². The largest absolute Gasteiger partial charge is 0.343 e. The molecule has 0 aliphatic carbocycles. The highest BCUT2D eigenvalue weighted by molar-refractivity contribution is 5.96. The first-order chi connectivity index (χ1) is 11.8. The number of amides is 1. The van der Waals surface area contributed by atoms with Crippen LogP contribution in [0.3, 0.4) is 0 Å². The summed E-state index contributed by atoms with van der Waals surface area (Å²) in [6, 6.07) is 9.91. The molecule has 1 saturated heterocycles. The van der Waals surface area contributed by atoms with Gasteiger partial charge in [-0.15, -0.1) is 0 Å². The Labute approximate surface area is 152 Å². The van der Waals surface area contributed by atoms with Crippen LogP contribution in [0, 0.1) is 5.41 Å². The fraction of sp³-hybridized carbons (Fsp3) is 0.619. The van der Waals surface area contributed by atoms with Gasteiger partial charge < -0.3 is 9.80 Å². The summed E-state index contributed by atoms with van der Waals surface area (Å²) in [7, 11) is 4.22. The van der Waals surface area contributed by atoms with E-state index < -0.39 is 0 Å². The molecular formula is C21H32N2O2. The molecule has 2 rings (SSSR count). The number of hydrogen-bond acceptors (Lipinski definition) is 3. The van der Waals surface area contributed by atoms with E-state index in [4.69, 9.17) is 0 Å². The van der Waals surface area contributed by atoms with Crippen LogP contribution in [0.5, 0.6) is 0 Å². The van der Waals surface area contributed by atoms with Crippen molar-refractivity contribution >= 4 is 11.7 Å². The van der Waals surface area contributed by atoms with Gasteiger partial charge in [0.2, 0.25) is 5.91 Å². The van der Waals surface area contributed by atoms with E-state index in [2.05, 4.69) is 19.0 Å². The first-order valence-corrected chi connectivity index (χ1v) is 9.31. The monoisotopic (exact) mass is 344 g/mol. The van der Waals surface area contributed by atoms with E-state index in [1.54, 1.807) is 0 Å². The fourth-order valence-electron chi connectivity index (χ4n) is 3.59. The Morgan fingerprint density at radius 3 is 2.40 bits per heavy atom. The van der Waals surface area contributed by atoms with Crippen molar-refractivity contribution in [2.45, 2.75) is 52.0 Å². The molecule has 0 N–H and O–H groups in total. The van der Waals surface area contributed by atoms with E-state index >= 15 is 0 Å². The SMILES string of the molecule is CN(C)C1CCCN(C(=O)CC(C)(C)CC(=O)c2ccccc2)CC1. The van der Waals surface area contributed by atoms with Crippen molar-refractivity contribution in [3.63, 3.8) is 0 Å². The van der Waals surface area contributed by atoms with Crippen molar-refractivity contribution in [1.29, 1.82) is 0 Å². The molecule has 1 fully saturated rings. The minimum absolute atomic E-state index is 0.113. The summed E-state index contributed by atoms with van der Waals surface area (Å²) >= 11 is 0. The molecule has 0 aromatic heterocycles. The van der Waals surface area contributed by atoms with E-state index in [0.29, 0.717) is 18.9 Å². The van der Waals surface area contributed by atoms with Crippen molar-refractivity contribution in [2.75, 3.05) is 27.2 Å². The molecule has 1 aliphatic heterocycles. The van der Waals surface area contributed by atoms with Crippen LogP contribution in [-0.2, 0) is 4.79 Å². The zero-order valence-corrected chi connectivity index (χ0v) is 16.1. The highest BCUT2D eigenvalue weighted by atomic mass is 16.2. The zero-order valence-electron chi connectivity index (χ0n) is 16.1. The Balaban J connectivity index is 1.91. The molecular weight excluding hydrogens is 312 g/mol. The molecule has 1 unspecified atom stereocenters. The summed E-state index contributed by atoms with van der Waals surface area (Å²) < 4.78 is 0. The lowest BCUT2D eigenvalue weighted by Crippen LogP contribution is -2.36. The third-order valence-electron chi connectivity index (χ3n) is 5.15. The normalized spacial score (nSPS) is 18.9. The lowest BCUT2D eigenvalue weighted by molar-refractivity contribution is -0.133. The molecule has 4 heteroatoms. The van der Waals surface area contributed by atoms with Crippen LogP contribution in [0.15, 0.2) is 30.3 Å². The highest BCUT2D eigenvalue weighted by Gasteiger charge is 2.29. The lowest BCUT2D eigenvalue weighted by Gasteiger charge is -2.28. The van der Waals surface area contributed by atoms with Crippen molar-refractivity contribution < 1.29 is 9.59 Å². The van der Waals surface area contributed by atoms with E-state index in [1.165, 1.54) is 0 Å². The van der Waals surface area contributed by atoms with E-state index in [0.717, 1.165) is 37.9 Å². The quantitative estimate of drug-likeness (QED) is 0.740. The summed E-state index contributed by atoms with van der Waals surface area (Å²) in [4.78, 5) is 29.5. The van der Waals surface area contributed by atoms with Gasteiger partial charge in [-0.05, 0) is 38.8 Å². The van der Waals surface area contributed by atoms with Gasteiger partial charge in [-0.3, -0.25) is 9.59 Å². The third-order valence-corrected chi connectivity index (χ3v) is 5.15. The van der Waals surface area contributed by atoms with Crippen molar-refractivity contribution in [3.05, 3.63) is 35.9 Å². The molecule has 0 spiro atoms. The average Bonchev–Trinajstić information content (AvgIpc) is 2.81. The second-order valence-corrected chi connectivity index (χ2v) is 8.24. The van der Waals surface area contributed by atoms with Gasteiger partial charge >= 0.3 is 0 Å². The second kappa shape index (κ2) is 8.61. The molecule has 1 aliphatic rings. The number of ketones is 1. The zero-order chi connectivity index (χ0) is 18.4. The summed E-state index contributed by atoms with van der Waals surface area (Å²) in [5, 5.41) is 0. The summed E-state index contributed by atoms with van der Waals surface area (Å²) in [5.41, 5.74) is 0.406. The highest BCUT2D eigenvalue weighted by Crippen LogP contribution is 2.28. The number of rotatable bonds is 6. The standard InChI is InChI=1S/C21H32N2O2/c1-21(2,15-19(24)17-9-6-5-7-10-17)16-20(25)23-13-8-11-18(12-14-23)22(3)4/h5-7,9-10,18H,8,11-16H2,1-4H3. The molecule has 1 amide bonds.